The lowest BCUT2D eigenvalue weighted by molar-refractivity contribution is 0.1000. The lowest BCUT2D eigenvalue weighted by Crippen LogP contribution is -2.11. The van der Waals surface area contributed by atoms with E-state index in [1.165, 1.54) is 6.07 Å². The van der Waals surface area contributed by atoms with E-state index in [0.29, 0.717) is 11.6 Å². The van der Waals surface area contributed by atoms with Crippen LogP contribution in [0.5, 0.6) is 0 Å². The van der Waals surface area contributed by atoms with Gasteiger partial charge in [0.1, 0.15) is 5.82 Å². The Morgan fingerprint density at radius 3 is 2.83 bits per heavy atom. The maximum absolute atomic E-state index is 13.4. The lowest BCUT2D eigenvalue weighted by atomic mass is 10.2. The van der Waals surface area contributed by atoms with Crippen molar-refractivity contribution < 1.29 is 9.18 Å². The van der Waals surface area contributed by atoms with Crippen LogP contribution in [-0.4, -0.2) is 15.5 Å². The quantitative estimate of drug-likeness (QED) is 0.898. The molecule has 92 valence electrons. The van der Waals surface area contributed by atoms with E-state index in [0.717, 1.165) is 24.6 Å². The maximum atomic E-state index is 13.4. The van der Waals surface area contributed by atoms with Crippen LogP contribution in [0, 0.1) is 5.82 Å². The minimum atomic E-state index is -0.640. The number of amides is 1. The number of halogens is 1. The fraction of sp³-hybridized carbons (Fsp3) is 0.231. The molecule has 1 aromatic carbocycles. The number of aromatic nitrogens is 2. The highest BCUT2D eigenvalue weighted by molar-refractivity contribution is 5.93. The molecule has 5 heteroatoms. The van der Waals surface area contributed by atoms with E-state index in [2.05, 4.69) is 4.98 Å². The van der Waals surface area contributed by atoms with Crippen LogP contribution in [0.2, 0.25) is 0 Å². The number of carbonyl (C=O) groups excluding carboxylic acids is 1. The number of nitrogens with two attached hydrogens (primary N) is 1. The highest BCUT2D eigenvalue weighted by Crippen LogP contribution is 2.39. The summed E-state index contributed by atoms with van der Waals surface area (Å²) in [6, 6.07) is 4.04. The molecule has 1 amide bonds. The summed E-state index contributed by atoms with van der Waals surface area (Å²) < 4.78 is 15.1. The van der Waals surface area contributed by atoms with E-state index < -0.39 is 11.7 Å². The standard InChI is InChI=1S/C13H12FN3O/c14-10-3-9(13(15)18)4-11(5-10)17-6-12(16-7-17)8-1-2-8/h3-8H,1-2H2,(H2,15,18). The van der Waals surface area contributed by atoms with Crippen molar-refractivity contribution in [2.75, 3.05) is 0 Å². The van der Waals surface area contributed by atoms with Crippen LogP contribution >= 0.6 is 0 Å². The molecule has 18 heavy (non-hydrogen) atoms. The van der Waals surface area contributed by atoms with Crippen molar-refractivity contribution in [3.05, 3.63) is 47.8 Å². The van der Waals surface area contributed by atoms with Gasteiger partial charge in [0.25, 0.3) is 0 Å². The van der Waals surface area contributed by atoms with Gasteiger partial charge in [0.15, 0.2) is 0 Å². The Labute approximate surface area is 103 Å². The molecular formula is C13H12FN3O. The van der Waals surface area contributed by atoms with E-state index in [9.17, 15) is 9.18 Å². The van der Waals surface area contributed by atoms with Gasteiger partial charge in [0.05, 0.1) is 17.7 Å². The highest BCUT2D eigenvalue weighted by Gasteiger charge is 2.25. The number of rotatable bonds is 3. The van der Waals surface area contributed by atoms with Crippen molar-refractivity contribution in [1.82, 2.24) is 9.55 Å². The van der Waals surface area contributed by atoms with Crippen molar-refractivity contribution >= 4 is 5.91 Å². The summed E-state index contributed by atoms with van der Waals surface area (Å²) in [5.74, 6) is -0.586. The van der Waals surface area contributed by atoms with Gasteiger partial charge < -0.3 is 10.3 Å². The number of imidazole rings is 1. The molecule has 1 heterocycles. The number of hydrogen-bond acceptors (Lipinski definition) is 2. The normalized spacial score (nSPS) is 14.7. The van der Waals surface area contributed by atoms with Crippen LogP contribution in [0.25, 0.3) is 5.69 Å². The number of carbonyl (C=O) groups is 1. The molecular weight excluding hydrogens is 233 g/mol. The average molecular weight is 245 g/mol. The lowest BCUT2D eigenvalue weighted by Gasteiger charge is -2.04. The molecule has 1 fully saturated rings. The Hall–Kier alpha value is -2.17. The van der Waals surface area contributed by atoms with Crippen LogP contribution in [0.3, 0.4) is 0 Å². The Morgan fingerprint density at radius 2 is 2.17 bits per heavy atom. The fourth-order valence-electron chi connectivity index (χ4n) is 1.93. The first-order chi connectivity index (χ1) is 8.63. The molecule has 1 aliphatic carbocycles. The van der Waals surface area contributed by atoms with Gasteiger partial charge in [-0.1, -0.05) is 0 Å². The van der Waals surface area contributed by atoms with Crippen LogP contribution in [-0.2, 0) is 0 Å². The van der Waals surface area contributed by atoms with Gasteiger partial charge in [-0.05, 0) is 31.0 Å². The third-order valence-electron chi connectivity index (χ3n) is 3.06. The number of primary amides is 1. The molecule has 0 spiro atoms. The van der Waals surface area contributed by atoms with Gasteiger partial charge in [-0.3, -0.25) is 4.79 Å². The monoisotopic (exact) mass is 245 g/mol. The third kappa shape index (κ3) is 1.99. The minimum absolute atomic E-state index is 0.159. The molecule has 0 atom stereocenters. The van der Waals surface area contributed by atoms with Gasteiger partial charge in [-0.2, -0.15) is 0 Å². The molecule has 1 aromatic heterocycles. The maximum Gasteiger partial charge on any atom is 0.248 e. The first-order valence-corrected chi connectivity index (χ1v) is 5.78. The van der Waals surface area contributed by atoms with E-state index in [-0.39, 0.29) is 5.56 Å². The van der Waals surface area contributed by atoms with Crippen molar-refractivity contribution in [3.8, 4) is 5.69 Å². The van der Waals surface area contributed by atoms with Crippen LogP contribution in [0.1, 0.15) is 34.8 Å². The molecule has 0 radical (unpaired) electrons. The minimum Gasteiger partial charge on any atom is -0.366 e. The topological polar surface area (TPSA) is 60.9 Å². The molecule has 1 saturated carbocycles. The first kappa shape index (κ1) is 11.0. The number of nitrogens with zero attached hydrogens (tertiary/aromatic N) is 2. The smallest absolute Gasteiger partial charge is 0.248 e. The molecule has 0 unspecified atom stereocenters. The Kier molecular flexibility index (Phi) is 2.40. The predicted molar refractivity (Wildman–Crippen MR) is 64.0 cm³/mol. The molecule has 2 aromatic rings. The zero-order valence-electron chi connectivity index (χ0n) is 9.64. The molecule has 0 saturated heterocycles. The predicted octanol–water partition coefficient (Wildman–Crippen LogP) is 1.99. The van der Waals surface area contributed by atoms with Gasteiger partial charge in [0, 0.05) is 17.7 Å². The third-order valence-corrected chi connectivity index (χ3v) is 3.06. The van der Waals surface area contributed by atoms with E-state index in [1.807, 2.05) is 6.20 Å². The molecule has 4 nitrogen and oxygen atoms in total. The summed E-state index contributed by atoms with van der Waals surface area (Å²) in [7, 11) is 0. The molecule has 0 bridgehead atoms. The van der Waals surface area contributed by atoms with E-state index >= 15 is 0 Å². The van der Waals surface area contributed by atoms with E-state index in [1.54, 1.807) is 17.0 Å². The number of hydrogen-bond donors (Lipinski definition) is 1. The van der Waals surface area contributed by atoms with Crippen LogP contribution < -0.4 is 5.73 Å². The second-order valence-corrected chi connectivity index (χ2v) is 4.54. The van der Waals surface area contributed by atoms with Gasteiger partial charge in [0.2, 0.25) is 5.91 Å². The average Bonchev–Trinajstić information content (AvgIpc) is 3.06. The largest absolute Gasteiger partial charge is 0.366 e. The van der Waals surface area contributed by atoms with Crippen LogP contribution in [0.4, 0.5) is 4.39 Å². The molecule has 0 aliphatic heterocycles. The Bertz CT molecular complexity index is 616. The van der Waals surface area contributed by atoms with Crippen LogP contribution in [0.15, 0.2) is 30.7 Å². The van der Waals surface area contributed by atoms with E-state index in [4.69, 9.17) is 5.73 Å². The zero-order valence-corrected chi connectivity index (χ0v) is 9.64. The highest BCUT2D eigenvalue weighted by atomic mass is 19.1. The second-order valence-electron chi connectivity index (χ2n) is 4.54. The molecule has 3 rings (SSSR count). The summed E-state index contributed by atoms with van der Waals surface area (Å²) in [5, 5.41) is 0. The van der Waals surface area contributed by atoms with Crippen molar-refractivity contribution in [1.29, 1.82) is 0 Å². The first-order valence-electron chi connectivity index (χ1n) is 5.78. The summed E-state index contributed by atoms with van der Waals surface area (Å²) in [5.41, 5.74) is 6.89. The van der Waals surface area contributed by atoms with Crippen molar-refractivity contribution in [3.63, 3.8) is 0 Å². The summed E-state index contributed by atoms with van der Waals surface area (Å²) in [6.07, 6.45) is 5.82. The zero-order chi connectivity index (χ0) is 12.7. The van der Waals surface area contributed by atoms with Gasteiger partial charge in [-0.25, -0.2) is 9.37 Å². The fourth-order valence-corrected chi connectivity index (χ4v) is 1.93. The summed E-state index contributed by atoms with van der Waals surface area (Å²) in [6.45, 7) is 0. The number of benzene rings is 1. The summed E-state index contributed by atoms with van der Waals surface area (Å²) in [4.78, 5) is 15.4. The van der Waals surface area contributed by atoms with Gasteiger partial charge >= 0.3 is 0 Å². The second kappa shape index (κ2) is 3.94. The van der Waals surface area contributed by atoms with Crippen molar-refractivity contribution in [2.24, 2.45) is 5.73 Å². The Morgan fingerprint density at radius 1 is 1.39 bits per heavy atom. The van der Waals surface area contributed by atoms with Crippen molar-refractivity contribution in [2.45, 2.75) is 18.8 Å². The summed E-state index contributed by atoms with van der Waals surface area (Å²) >= 11 is 0. The molecule has 1 aliphatic rings. The SMILES string of the molecule is NC(=O)c1cc(F)cc(-n2cnc(C3CC3)c2)c1. The van der Waals surface area contributed by atoms with Gasteiger partial charge in [-0.15, -0.1) is 0 Å². The Balaban J connectivity index is 2.01. The molecule has 2 N–H and O–H groups in total.